The Bertz CT molecular complexity index is 918. The molecular weight excluding hydrogens is 403 g/mol. The van der Waals surface area contributed by atoms with Gasteiger partial charge >= 0.3 is 0 Å². The zero-order valence-electron chi connectivity index (χ0n) is 15.5. The van der Waals surface area contributed by atoms with Crippen molar-refractivity contribution in [1.82, 2.24) is 4.90 Å². The van der Waals surface area contributed by atoms with Gasteiger partial charge in [-0.25, -0.2) is 12.8 Å². The van der Waals surface area contributed by atoms with Crippen LogP contribution in [0, 0.1) is 5.82 Å². The summed E-state index contributed by atoms with van der Waals surface area (Å²) in [6, 6.07) is 8.12. The number of carbonyl (C=O) groups is 1. The molecule has 9 heteroatoms. The van der Waals surface area contributed by atoms with Crippen molar-refractivity contribution in [1.29, 1.82) is 0 Å². The van der Waals surface area contributed by atoms with Crippen LogP contribution in [0.3, 0.4) is 0 Å². The summed E-state index contributed by atoms with van der Waals surface area (Å²) in [6.07, 6.45) is 2.41. The van der Waals surface area contributed by atoms with Crippen LogP contribution in [0.25, 0.3) is 0 Å². The highest BCUT2D eigenvalue weighted by atomic mass is 32.2. The van der Waals surface area contributed by atoms with E-state index in [1.807, 2.05) is 0 Å². The van der Waals surface area contributed by atoms with Crippen LogP contribution in [0.15, 0.2) is 46.0 Å². The second-order valence-electron chi connectivity index (χ2n) is 6.82. The first kappa shape index (κ1) is 20.8. The van der Waals surface area contributed by atoms with Gasteiger partial charge in [0, 0.05) is 7.05 Å². The molecule has 1 heterocycles. The summed E-state index contributed by atoms with van der Waals surface area (Å²) >= 11 is 1.01. The van der Waals surface area contributed by atoms with E-state index < -0.39 is 34.4 Å². The van der Waals surface area contributed by atoms with Gasteiger partial charge in [-0.3, -0.25) is 9.10 Å². The number of rotatable bonds is 6. The van der Waals surface area contributed by atoms with E-state index in [0.717, 1.165) is 34.6 Å². The van der Waals surface area contributed by atoms with Gasteiger partial charge in [-0.1, -0.05) is 31.0 Å². The van der Waals surface area contributed by atoms with Crippen LogP contribution in [0.1, 0.15) is 25.7 Å². The SMILES string of the molecule is CN(C(=O)CN(c1ccccc1F)S(=O)(=O)c1cccs1)C1CCCCC1O. The summed E-state index contributed by atoms with van der Waals surface area (Å²) in [5, 5.41) is 11.8. The average molecular weight is 427 g/mol. The van der Waals surface area contributed by atoms with E-state index in [1.165, 1.54) is 29.2 Å². The van der Waals surface area contributed by atoms with E-state index in [2.05, 4.69) is 0 Å². The molecule has 2 atom stereocenters. The number of sulfonamides is 1. The number of amides is 1. The van der Waals surface area contributed by atoms with Crippen molar-refractivity contribution in [2.75, 3.05) is 17.9 Å². The normalized spacial score (nSPS) is 20.0. The van der Waals surface area contributed by atoms with Gasteiger partial charge in [0.2, 0.25) is 5.91 Å². The Morgan fingerprint density at radius 1 is 1.21 bits per heavy atom. The topological polar surface area (TPSA) is 77.9 Å². The number of hydrogen-bond acceptors (Lipinski definition) is 5. The highest BCUT2D eigenvalue weighted by molar-refractivity contribution is 7.94. The summed E-state index contributed by atoms with van der Waals surface area (Å²) < 4.78 is 41.4. The number of anilines is 1. The van der Waals surface area contributed by atoms with Gasteiger partial charge in [0.15, 0.2) is 0 Å². The standard InChI is InChI=1S/C19H23FN2O4S2/c1-21(16-9-4-5-10-17(16)23)18(24)13-22(15-8-3-2-7-14(15)20)28(25,26)19-11-6-12-27-19/h2-3,6-8,11-12,16-17,23H,4-5,9-10,13H2,1H3. The molecule has 1 saturated carbocycles. The molecule has 1 amide bonds. The van der Waals surface area contributed by atoms with Crippen LogP contribution in [0.2, 0.25) is 0 Å². The lowest BCUT2D eigenvalue weighted by molar-refractivity contribution is -0.133. The molecule has 1 fully saturated rings. The van der Waals surface area contributed by atoms with E-state index in [1.54, 1.807) is 18.5 Å². The third kappa shape index (κ3) is 4.21. The molecule has 1 aliphatic rings. The molecule has 0 aliphatic heterocycles. The molecule has 0 saturated heterocycles. The summed E-state index contributed by atoms with van der Waals surface area (Å²) in [7, 11) is -2.55. The fourth-order valence-corrected chi connectivity index (χ4v) is 5.96. The first-order chi connectivity index (χ1) is 13.3. The summed E-state index contributed by atoms with van der Waals surface area (Å²) in [6.45, 7) is -0.541. The Morgan fingerprint density at radius 3 is 2.57 bits per heavy atom. The first-order valence-electron chi connectivity index (χ1n) is 9.07. The van der Waals surface area contributed by atoms with Crippen LogP contribution < -0.4 is 4.31 Å². The molecule has 1 N–H and O–H groups in total. The monoisotopic (exact) mass is 426 g/mol. The van der Waals surface area contributed by atoms with Gasteiger partial charge in [0.1, 0.15) is 16.6 Å². The molecule has 0 bridgehead atoms. The molecule has 1 aromatic carbocycles. The lowest BCUT2D eigenvalue weighted by atomic mass is 9.91. The second kappa shape index (κ2) is 8.59. The molecule has 3 rings (SSSR count). The molecule has 28 heavy (non-hydrogen) atoms. The third-order valence-electron chi connectivity index (χ3n) is 5.02. The van der Waals surface area contributed by atoms with Crippen molar-refractivity contribution in [3.05, 3.63) is 47.6 Å². The molecular formula is C19H23FN2O4S2. The first-order valence-corrected chi connectivity index (χ1v) is 11.4. The predicted octanol–water partition coefficient (Wildman–Crippen LogP) is 2.84. The number of benzene rings is 1. The van der Waals surface area contributed by atoms with E-state index in [9.17, 15) is 22.7 Å². The molecule has 1 aromatic heterocycles. The lowest BCUT2D eigenvalue weighted by Gasteiger charge is -2.36. The van der Waals surface area contributed by atoms with E-state index in [0.29, 0.717) is 12.8 Å². The fourth-order valence-electron chi connectivity index (χ4n) is 3.44. The number of likely N-dealkylation sites (N-methyl/N-ethyl adjacent to an activating group) is 1. The van der Waals surface area contributed by atoms with Crippen LogP contribution in [-0.4, -0.2) is 50.1 Å². The van der Waals surface area contributed by atoms with E-state index in [4.69, 9.17) is 0 Å². The zero-order chi connectivity index (χ0) is 20.3. The minimum absolute atomic E-state index is 0.0314. The van der Waals surface area contributed by atoms with Crippen molar-refractivity contribution in [3.63, 3.8) is 0 Å². The highest BCUT2D eigenvalue weighted by Crippen LogP contribution is 2.29. The van der Waals surface area contributed by atoms with Gasteiger partial charge in [-0.05, 0) is 36.4 Å². The number of carbonyl (C=O) groups excluding carboxylic acids is 1. The maximum absolute atomic E-state index is 14.4. The van der Waals surface area contributed by atoms with Crippen molar-refractivity contribution < 1.29 is 22.7 Å². The average Bonchev–Trinajstić information content (AvgIpc) is 3.22. The number of aliphatic hydroxyl groups is 1. The number of halogens is 1. The number of thiophene rings is 1. The Labute approximate surface area is 168 Å². The maximum Gasteiger partial charge on any atom is 0.274 e. The van der Waals surface area contributed by atoms with Crippen LogP contribution in [-0.2, 0) is 14.8 Å². The summed E-state index contributed by atoms with van der Waals surface area (Å²) in [5.41, 5.74) is -0.179. The molecule has 152 valence electrons. The second-order valence-corrected chi connectivity index (χ2v) is 9.86. The van der Waals surface area contributed by atoms with Crippen LogP contribution in [0.5, 0.6) is 0 Å². The van der Waals surface area contributed by atoms with Crippen molar-refractivity contribution in [3.8, 4) is 0 Å². The number of aliphatic hydroxyl groups excluding tert-OH is 1. The Kier molecular flexibility index (Phi) is 6.36. The molecule has 0 radical (unpaired) electrons. The van der Waals surface area contributed by atoms with E-state index >= 15 is 0 Å². The minimum atomic E-state index is -4.10. The summed E-state index contributed by atoms with van der Waals surface area (Å²) in [5.74, 6) is -1.22. The predicted molar refractivity (Wildman–Crippen MR) is 106 cm³/mol. The molecule has 0 spiro atoms. The Balaban J connectivity index is 1.92. The smallest absolute Gasteiger partial charge is 0.274 e. The Morgan fingerprint density at radius 2 is 1.93 bits per heavy atom. The van der Waals surface area contributed by atoms with Crippen molar-refractivity contribution in [2.45, 2.75) is 42.0 Å². The zero-order valence-corrected chi connectivity index (χ0v) is 17.1. The van der Waals surface area contributed by atoms with Gasteiger partial charge in [-0.2, -0.15) is 0 Å². The number of nitrogens with zero attached hydrogens (tertiary/aromatic N) is 2. The van der Waals surface area contributed by atoms with Gasteiger partial charge in [0.05, 0.1) is 17.8 Å². The maximum atomic E-state index is 14.4. The Hall–Kier alpha value is -1.97. The van der Waals surface area contributed by atoms with Gasteiger partial charge in [-0.15, -0.1) is 11.3 Å². The molecule has 1 aliphatic carbocycles. The molecule has 2 unspecified atom stereocenters. The van der Waals surface area contributed by atoms with E-state index in [-0.39, 0.29) is 15.9 Å². The quantitative estimate of drug-likeness (QED) is 0.771. The highest BCUT2D eigenvalue weighted by Gasteiger charge is 2.34. The van der Waals surface area contributed by atoms with Gasteiger partial charge in [0.25, 0.3) is 10.0 Å². The molecule has 6 nitrogen and oxygen atoms in total. The van der Waals surface area contributed by atoms with Gasteiger partial charge < -0.3 is 10.0 Å². The largest absolute Gasteiger partial charge is 0.391 e. The number of para-hydroxylation sites is 1. The fraction of sp³-hybridized carbons (Fsp3) is 0.421. The summed E-state index contributed by atoms with van der Waals surface area (Å²) in [4.78, 5) is 14.3. The lowest BCUT2D eigenvalue weighted by Crippen LogP contribution is -2.50. The van der Waals surface area contributed by atoms with Crippen molar-refractivity contribution in [2.24, 2.45) is 0 Å². The minimum Gasteiger partial charge on any atom is -0.391 e. The third-order valence-corrected chi connectivity index (χ3v) is 8.16. The van der Waals surface area contributed by atoms with Crippen LogP contribution in [0.4, 0.5) is 10.1 Å². The van der Waals surface area contributed by atoms with Crippen molar-refractivity contribution >= 4 is 33.0 Å². The van der Waals surface area contributed by atoms with Crippen LogP contribution >= 0.6 is 11.3 Å². The molecule has 2 aromatic rings. The number of hydrogen-bond donors (Lipinski definition) is 1.